The molecule has 1 amide bonds. The molecule has 4 aromatic rings. The number of nitrogens with zero attached hydrogens (tertiary/aromatic N) is 4. The molecule has 0 saturated carbocycles. The van der Waals surface area contributed by atoms with E-state index >= 15 is 0 Å². The largest absolute Gasteiger partial charge is 0.305 e. The number of nitrogens with one attached hydrogen (secondary N) is 1. The molecule has 0 aliphatic carbocycles. The summed E-state index contributed by atoms with van der Waals surface area (Å²) >= 11 is 0. The molecule has 0 unspecified atom stereocenters. The van der Waals surface area contributed by atoms with Crippen molar-refractivity contribution in [3.8, 4) is 5.69 Å². The van der Waals surface area contributed by atoms with Crippen LogP contribution in [0.2, 0.25) is 0 Å². The Morgan fingerprint density at radius 3 is 2.68 bits per heavy atom. The van der Waals surface area contributed by atoms with E-state index < -0.39 is 11.7 Å². The van der Waals surface area contributed by atoms with Crippen LogP contribution in [0.15, 0.2) is 66.9 Å². The lowest BCUT2D eigenvalue weighted by molar-refractivity contribution is 0.102. The standard InChI is InChI=1S/C18H12FN5O/c19-13-6-2-4-8-16(13)24-11-15(22-23-24)18(25)21-17-10-9-12-5-1-3-7-14(12)20-17/h1-11H,(H,20,21,25). The first kappa shape index (κ1) is 14.9. The minimum absolute atomic E-state index is 0.0678. The van der Waals surface area contributed by atoms with Crippen LogP contribution in [0.25, 0.3) is 16.6 Å². The molecule has 2 aromatic carbocycles. The van der Waals surface area contributed by atoms with Gasteiger partial charge in [-0.1, -0.05) is 35.5 Å². The molecule has 0 aliphatic heterocycles. The quantitative estimate of drug-likeness (QED) is 0.625. The highest BCUT2D eigenvalue weighted by Gasteiger charge is 2.14. The summed E-state index contributed by atoms with van der Waals surface area (Å²) in [6, 6.07) is 17.3. The number of benzene rings is 2. The predicted molar refractivity (Wildman–Crippen MR) is 91.0 cm³/mol. The Morgan fingerprint density at radius 2 is 1.80 bits per heavy atom. The first-order valence-corrected chi connectivity index (χ1v) is 7.55. The second kappa shape index (κ2) is 6.12. The lowest BCUT2D eigenvalue weighted by atomic mass is 10.2. The summed E-state index contributed by atoms with van der Waals surface area (Å²) < 4.78 is 15.0. The van der Waals surface area contributed by atoms with E-state index in [4.69, 9.17) is 0 Å². The molecule has 0 aliphatic rings. The molecule has 0 saturated heterocycles. The molecule has 0 bridgehead atoms. The number of halogens is 1. The third kappa shape index (κ3) is 2.94. The molecule has 0 fully saturated rings. The van der Waals surface area contributed by atoms with Crippen molar-refractivity contribution >= 4 is 22.6 Å². The van der Waals surface area contributed by atoms with Crippen molar-refractivity contribution in [2.45, 2.75) is 0 Å². The number of aromatic nitrogens is 4. The van der Waals surface area contributed by atoms with Crippen molar-refractivity contribution < 1.29 is 9.18 Å². The molecule has 7 heteroatoms. The molecule has 25 heavy (non-hydrogen) atoms. The minimum Gasteiger partial charge on any atom is -0.305 e. The highest BCUT2D eigenvalue weighted by atomic mass is 19.1. The number of anilines is 1. The van der Waals surface area contributed by atoms with Gasteiger partial charge in [-0.15, -0.1) is 5.10 Å². The molecule has 0 spiro atoms. The second-order valence-electron chi connectivity index (χ2n) is 5.34. The average molecular weight is 333 g/mol. The molecule has 4 rings (SSSR count). The van der Waals surface area contributed by atoms with Gasteiger partial charge in [0.1, 0.15) is 17.3 Å². The molecular formula is C18H12FN5O. The number of para-hydroxylation sites is 2. The first-order chi connectivity index (χ1) is 12.2. The smallest absolute Gasteiger partial charge is 0.279 e. The second-order valence-corrected chi connectivity index (χ2v) is 5.34. The van der Waals surface area contributed by atoms with Gasteiger partial charge in [0.15, 0.2) is 5.69 Å². The number of hydrogen-bond donors (Lipinski definition) is 1. The Labute approximate surface area is 141 Å². The molecule has 6 nitrogen and oxygen atoms in total. The van der Waals surface area contributed by atoms with E-state index in [-0.39, 0.29) is 11.4 Å². The normalized spacial score (nSPS) is 10.8. The Kier molecular flexibility index (Phi) is 3.66. The Balaban J connectivity index is 1.58. The van der Waals surface area contributed by atoms with Crippen LogP contribution in [0, 0.1) is 5.82 Å². The van der Waals surface area contributed by atoms with Crippen LogP contribution in [0.3, 0.4) is 0 Å². The summed E-state index contributed by atoms with van der Waals surface area (Å²) in [5.74, 6) is -0.509. The number of carbonyl (C=O) groups is 1. The van der Waals surface area contributed by atoms with Crippen LogP contribution < -0.4 is 5.32 Å². The molecule has 0 atom stereocenters. The monoisotopic (exact) mass is 333 g/mol. The van der Waals surface area contributed by atoms with E-state index in [1.807, 2.05) is 30.3 Å². The number of carbonyl (C=O) groups excluding carboxylic acids is 1. The predicted octanol–water partition coefficient (Wildman–Crippen LogP) is 3.21. The summed E-state index contributed by atoms with van der Waals surface area (Å²) in [7, 11) is 0. The SMILES string of the molecule is O=C(Nc1ccc2ccccc2n1)c1cn(-c2ccccc2F)nn1. The molecule has 1 N–H and O–H groups in total. The molecule has 122 valence electrons. The highest BCUT2D eigenvalue weighted by Crippen LogP contribution is 2.16. The number of fused-ring (bicyclic) bond motifs is 1. The van der Waals surface area contributed by atoms with Crippen molar-refractivity contribution in [3.05, 3.63) is 78.4 Å². The maximum atomic E-state index is 13.8. The van der Waals surface area contributed by atoms with Crippen LogP contribution >= 0.6 is 0 Å². The van der Waals surface area contributed by atoms with E-state index in [2.05, 4.69) is 20.6 Å². The van der Waals surface area contributed by atoms with Gasteiger partial charge < -0.3 is 5.32 Å². The number of pyridine rings is 1. The van der Waals surface area contributed by atoms with E-state index in [0.29, 0.717) is 5.82 Å². The Hall–Kier alpha value is -3.61. The molecular weight excluding hydrogens is 321 g/mol. The summed E-state index contributed by atoms with van der Waals surface area (Å²) in [4.78, 5) is 16.7. The summed E-state index contributed by atoms with van der Waals surface area (Å²) in [6.07, 6.45) is 1.37. The zero-order chi connectivity index (χ0) is 17.2. The van der Waals surface area contributed by atoms with Crippen LogP contribution in [0.5, 0.6) is 0 Å². The average Bonchev–Trinajstić information content (AvgIpc) is 3.12. The van der Waals surface area contributed by atoms with Crippen LogP contribution in [0.1, 0.15) is 10.5 Å². The van der Waals surface area contributed by atoms with Crippen molar-refractivity contribution in [2.24, 2.45) is 0 Å². The van der Waals surface area contributed by atoms with Crippen molar-refractivity contribution in [3.63, 3.8) is 0 Å². The van der Waals surface area contributed by atoms with E-state index in [9.17, 15) is 9.18 Å². The summed E-state index contributed by atoms with van der Waals surface area (Å²) in [6.45, 7) is 0. The van der Waals surface area contributed by atoms with Gasteiger partial charge in [0.25, 0.3) is 5.91 Å². The Morgan fingerprint density at radius 1 is 1.00 bits per heavy atom. The van der Waals surface area contributed by atoms with Gasteiger partial charge in [0, 0.05) is 5.39 Å². The lowest BCUT2D eigenvalue weighted by Gasteiger charge is -2.03. The van der Waals surface area contributed by atoms with Crippen LogP contribution in [0.4, 0.5) is 10.2 Å². The van der Waals surface area contributed by atoms with Crippen molar-refractivity contribution in [1.29, 1.82) is 0 Å². The van der Waals surface area contributed by atoms with E-state index in [1.54, 1.807) is 24.3 Å². The number of hydrogen-bond acceptors (Lipinski definition) is 4. The van der Waals surface area contributed by atoms with E-state index in [0.717, 1.165) is 10.9 Å². The lowest BCUT2D eigenvalue weighted by Crippen LogP contribution is -2.13. The molecule has 0 radical (unpaired) electrons. The van der Waals surface area contributed by atoms with Gasteiger partial charge >= 0.3 is 0 Å². The fourth-order valence-corrected chi connectivity index (χ4v) is 2.44. The van der Waals surface area contributed by atoms with Gasteiger partial charge in [-0.25, -0.2) is 14.1 Å². The molecule has 2 aromatic heterocycles. The number of amides is 1. The minimum atomic E-state index is -0.467. The van der Waals surface area contributed by atoms with Crippen molar-refractivity contribution in [2.75, 3.05) is 5.32 Å². The van der Waals surface area contributed by atoms with Gasteiger partial charge in [0.05, 0.1) is 11.7 Å². The maximum Gasteiger partial charge on any atom is 0.279 e. The van der Waals surface area contributed by atoms with Gasteiger partial charge in [0.2, 0.25) is 0 Å². The fraction of sp³-hybridized carbons (Fsp3) is 0. The topological polar surface area (TPSA) is 72.7 Å². The van der Waals surface area contributed by atoms with Gasteiger partial charge in [-0.2, -0.15) is 0 Å². The molecule has 2 heterocycles. The third-order valence-electron chi connectivity index (χ3n) is 3.67. The van der Waals surface area contributed by atoms with Crippen LogP contribution in [-0.2, 0) is 0 Å². The number of rotatable bonds is 3. The van der Waals surface area contributed by atoms with Crippen molar-refractivity contribution in [1.82, 2.24) is 20.0 Å². The van der Waals surface area contributed by atoms with Gasteiger partial charge in [-0.05, 0) is 30.3 Å². The highest BCUT2D eigenvalue weighted by molar-refractivity contribution is 6.02. The third-order valence-corrected chi connectivity index (χ3v) is 3.67. The van der Waals surface area contributed by atoms with E-state index in [1.165, 1.54) is 16.9 Å². The fourth-order valence-electron chi connectivity index (χ4n) is 2.44. The zero-order valence-electron chi connectivity index (χ0n) is 12.9. The summed E-state index contributed by atoms with van der Waals surface area (Å²) in [5, 5.41) is 11.3. The summed E-state index contributed by atoms with van der Waals surface area (Å²) in [5.41, 5.74) is 1.06. The Bertz CT molecular complexity index is 1080. The zero-order valence-corrected chi connectivity index (χ0v) is 12.9. The maximum absolute atomic E-state index is 13.8. The first-order valence-electron chi connectivity index (χ1n) is 7.55. The van der Waals surface area contributed by atoms with Gasteiger partial charge in [-0.3, -0.25) is 4.79 Å². The van der Waals surface area contributed by atoms with Crippen LogP contribution in [-0.4, -0.2) is 25.9 Å².